The zero-order chi connectivity index (χ0) is 13.5. The minimum atomic E-state index is -0.195. The van der Waals surface area contributed by atoms with Gasteiger partial charge in [0.25, 0.3) is 0 Å². The van der Waals surface area contributed by atoms with Gasteiger partial charge < -0.3 is 10.1 Å². The number of unbranched alkanes of at least 4 members (excludes halogenated alkanes) is 1. The van der Waals surface area contributed by atoms with Gasteiger partial charge in [-0.15, -0.1) is 0 Å². The number of hydrogen-bond donors (Lipinski definition) is 1. The van der Waals surface area contributed by atoms with E-state index < -0.39 is 0 Å². The Morgan fingerprint density at radius 2 is 2.11 bits per heavy atom. The molecule has 1 amide bonds. The van der Waals surface area contributed by atoms with Crippen molar-refractivity contribution in [2.24, 2.45) is 11.8 Å². The van der Waals surface area contributed by atoms with Crippen LogP contribution in [-0.2, 0) is 14.3 Å². The predicted octanol–water partition coefficient (Wildman–Crippen LogP) is 2.27. The molecule has 0 aliphatic heterocycles. The van der Waals surface area contributed by atoms with Crippen LogP contribution in [0, 0.1) is 11.8 Å². The predicted molar refractivity (Wildman–Crippen MR) is 70.0 cm³/mol. The van der Waals surface area contributed by atoms with Crippen LogP contribution in [0.1, 0.15) is 52.4 Å². The Labute approximate surface area is 109 Å². The number of nitrogens with one attached hydrogen (secondary N) is 1. The largest absolute Gasteiger partial charge is 0.469 e. The summed E-state index contributed by atoms with van der Waals surface area (Å²) in [6.07, 6.45) is 5.77. The standard InChI is InChI=1S/C14H25NO3/c1-4-5-7-10(2)13(16)15-12-9-6-8-11(12)14(17)18-3/h10-12H,4-9H2,1-3H3,(H,15,16). The summed E-state index contributed by atoms with van der Waals surface area (Å²) in [5.41, 5.74) is 0. The third kappa shape index (κ3) is 4.00. The average molecular weight is 255 g/mol. The van der Waals surface area contributed by atoms with E-state index in [-0.39, 0.29) is 29.8 Å². The lowest BCUT2D eigenvalue weighted by Gasteiger charge is -2.21. The Morgan fingerprint density at radius 3 is 2.72 bits per heavy atom. The molecule has 0 saturated heterocycles. The Hall–Kier alpha value is -1.06. The van der Waals surface area contributed by atoms with Gasteiger partial charge in [0.1, 0.15) is 0 Å². The first-order valence-corrected chi connectivity index (χ1v) is 6.98. The summed E-state index contributed by atoms with van der Waals surface area (Å²) in [6, 6.07) is -0.0333. The Morgan fingerprint density at radius 1 is 1.39 bits per heavy atom. The smallest absolute Gasteiger partial charge is 0.310 e. The van der Waals surface area contributed by atoms with E-state index in [2.05, 4.69) is 12.2 Å². The van der Waals surface area contributed by atoms with Gasteiger partial charge in [-0.1, -0.05) is 33.1 Å². The molecule has 0 heterocycles. The van der Waals surface area contributed by atoms with Crippen molar-refractivity contribution < 1.29 is 14.3 Å². The summed E-state index contributed by atoms with van der Waals surface area (Å²) in [5, 5.41) is 3.01. The van der Waals surface area contributed by atoms with Crippen molar-refractivity contribution in [1.29, 1.82) is 0 Å². The van der Waals surface area contributed by atoms with Crippen molar-refractivity contribution in [3.05, 3.63) is 0 Å². The normalized spacial score (nSPS) is 24.6. The van der Waals surface area contributed by atoms with Gasteiger partial charge >= 0.3 is 5.97 Å². The monoisotopic (exact) mass is 255 g/mol. The molecule has 4 heteroatoms. The van der Waals surface area contributed by atoms with Crippen LogP contribution >= 0.6 is 0 Å². The molecule has 1 rings (SSSR count). The lowest BCUT2D eigenvalue weighted by molar-refractivity contribution is -0.146. The summed E-state index contributed by atoms with van der Waals surface area (Å²) >= 11 is 0. The van der Waals surface area contributed by atoms with E-state index in [1.807, 2.05) is 6.92 Å². The van der Waals surface area contributed by atoms with Crippen LogP contribution in [0.15, 0.2) is 0 Å². The molecule has 1 aliphatic carbocycles. The van der Waals surface area contributed by atoms with Gasteiger partial charge in [-0.3, -0.25) is 9.59 Å². The molecule has 0 bridgehead atoms. The fourth-order valence-electron chi connectivity index (χ4n) is 2.53. The van der Waals surface area contributed by atoms with Crippen molar-refractivity contribution in [3.63, 3.8) is 0 Å². The molecule has 0 aromatic rings. The van der Waals surface area contributed by atoms with Crippen molar-refractivity contribution in [2.75, 3.05) is 7.11 Å². The topological polar surface area (TPSA) is 55.4 Å². The van der Waals surface area contributed by atoms with Crippen LogP contribution < -0.4 is 5.32 Å². The summed E-state index contributed by atoms with van der Waals surface area (Å²) in [4.78, 5) is 23.6. The lowest BCUT2D eigenvalue weighted by atomic mass is 10.0. The summed E-state index contributed by atoms with van der Waals surface area (Å²) in [7, 11) is 1.41. The van der Waals surface area contributed by atoms with Crippen LogP contribution in [0.5, 0.6) is 0 Å². The molecule has 3 atom stereocenters. The number of hydrogen-bond acceptors (Lipinski definition) is 3. The molecule has 0 spiro atoms. The van der Waals surface area contributed by atoms with Gasteiger partial charge in [-0.2, -0.15) is 0 Å². The quantitative estimate of drug-likeness (QED) is 0.741. The summed E-state index contributed by atoms with van der Waals surface area (Å²) in [5.74, 6) is -0.246. The maximum Gasteiger partial charge on any atom is 0.310 e. The minimum Gasteiger partial charge on any atom is -0.469 e. The molecule has 1 N–H and O–H groups in total. The Kier molecular flexibility index (Phi) is 6.16. The van der Waals surface area contributed by atoms with Crippen LogP contribution in [-0.4, -0.2) is 25.0 Å². The third-order valence-electron chi connectivity index (χ3n) is 3.79. The van der Waals surface area contributed by atoms with E-state index in [1.54, 1.807) is 0 Å². The second-order valence-corrected chi connectivity index (χ2v) is 5.22. The lowest BCUT2D eigenvalue weighted by Crippen LogP contribution is -2.42. The first kappa shape index (κ1) is 15.0. The van der Waals surface area contributed by atoms with Crippen LogP contribution in [0.3, 0.4) is 0 Å². The number of rotatable bonds is 6. The zero-order valence-electron chi connectivity index (χ0n) is 11.7. The highest BCUT2D eigenvalue weighted by molar-refractivity contribution is 5.80. The zero-order valence-corrected chi connectivity index (χ0v) is 11.7. The van der Waals surface area contributed by atoms with E-state index in [1.165, 1.54) is 7.11 Å². The molecule has 18 heavy (non-hydrogen) atoms. The maximum absolute atomic E-state index is 12.0. The van der Waals surface area contributed by atoms with Gasteiger partial charge in [0.15, 0.2) is 0 Å². The van der Waals surface area contributed by atoms with Crippen molar-refractivity contribution in [1.82, 2.24) is 5.32 Å². The van der Waals surface area contributed by atoms with E-state index in [9.17, 15) is 9.59 Å². The fourth-order valence-corrected chi connectivity index (χ4v) is 2.53. The van der Waals surface area contributed by atoms with E-state index >= 15 is 0 Å². The number of amides is 1. The molecule has 0 aromatic carbocycles. The van der Waals surface area contributed by atoms with Crippen molar-refractivity contribution in [2.45, 2.75) is 58.4 Å². The van der Waals surface area contributed by atoms with Crippen LogP contribution in [0.4, 0.5) is 0 Å². The Balaban J connectivity index is 2.45. The summed E-state index contributed by atoms with van der Waals surface area (Å²) < 4.78 is 4.78. The van der Waals surface area contributed by atoms with Gasteiger partial charge in [0.2, 0.25) is 5.91 Å². The van der Waals surface area contributed by atoms with Crippen LogP contribution in [0.2, 0.25) is 0 Å². The van der Waals surface area contributed by atoms with E-state index in [0.29, 0.717) is 0 Å². The van der Waals surface area contributed by atoms with E-state index in [4.69, 9.17) is 4.74 Å². The number of esters is 1. The van der Waals surface area contributed by atoms with Crippen molar-refractivity contribution in [3.8, 4) is 0 Å². The number of carbonyl (C=O) groups is 2. The van der Waals surface area contributed by atoms with Gasteiger partial charge in [-0.05, 0) is 19.3 Å². The SMILES string of the molecule is CCCCC(C)C(=O)NC1CCCC1C(=O)OC. The summed E-state index contributed by atoms with van der Waals surface area (Å²) in [6.45, 7) is 4.07. The molecule has 4 nitrogen and oxygen atoms in total. The molecule has 3 unspecified atom stereocenters. The molecule has 1 aliphatic rings. The van der Waals surface area contributed by atoms with Gasteiger partial charge in [-0.25, -0.2) is 0 Å². The molecule has 1 saturated carbocycles. The second kappa shape index (κ2) is 7.39. The number of methoxy groups -OCH3 is 1. The first-order valence-electron chi connectivity index (χ1n) is 6.98. The number of carbonyl (C=O) groups excluding carboxylic acids is 2. The van der Waals surface area contributed by atoms with Gasteiger partial charge in [0, 0.05) is 12.0 Å². The first-order chi connectivity index (χ1) is 8.60. The Bertz CT molecular complexity index is 291. The fraction of sp³-hybridized carbons (Fsp3) is 0.857. The minimum absolute atomic E-state index is 0.0313. The molecule has 0 radical (unpaired) electrons. The van der Waals surface area contributed by atoms with Gasteiger partial charge in [0.05, 0.1) is 13.0 Å². The molecule has 1 fully saturated rings. The highest BCUT2D eigenvalue weighted by atomic mass is 16.5. The highest BCUT2D eigenvalue weighted by Crippen LogP contribution is 2.27. The molecular weight excluding hydrogens is 230 g/mol. The molecule has 104 valence electrons. The third-order valence-corrected chi connectivity index (χ3v) is 3.79. The second-order valence-electron chi connectivity index (χ2n) is 5.22. The maximum atomic E-state index is 12.0. The van der Waals surface area contributed by atoms with Crippen molar-refractivity contribution >= 4 is 11.9 Å². The molecule has 0 aromatic heterocycles. The number of ether oxygens (including phenoxy) is 1. The average Bonchev–Trinajstić information content (AvgIpc) is 2.82. The molecular formula is C14H25NO3. The van der Waals surface area contributed by atoms with Crippen LogP contribution in [0.25, 0.3) is 0 Å². The van der Waals surface area contributed by atoms with E-state index in [0.717, 1.165) is 38.5 Å². The highest BCUT2D eigenvalue weighted by Gasteiger charge is 2.35.